The highest BCUT2D eigenvalue weighted by Gasteiger charge is 2.17. The smallest absolute Gasteiger partial charge is 0.407 e. The molecule has 0 saturated carbocycles. The van der Waals surface area contributed by atoms with E-state index in [-0.39, 0.29) is 0 Å². The second-order valence-electron chi connectivity index (χ2n) is 7.75. The molecule has 1 heterocycles. The summed E-state index contributed by atoms with van der Waals surface area (Å²) in [5, 5.41) is 5.42. The lowest BCUT2D eigenvalue weighted by Crippen LogP contribution is -2.41. The van der Waals surface area contributed by atoms with Crippen LogP contribution in [0.2, 0.25) is 0 Å². The number of hydrogen-bond acceptors (Lipinski definition) is 4. The molecule has 2 N–H and O–H groups in total. The maximum Gasteiger partial charge on any atom is 0.407 e. The zero-order valence-corrected chi connectivity index (χ0v) is 16.1. The van der Waals surface area contributed by atoms with Gasteiger partial charge < -0.3 is 20.1 Å². The predicted molar refractivity (Wildman–Crippen MR) is 93.1 cm³/mol. The molecule has 25 heavy (non-hydrogen) atoms. The highest BCUT2D eigenvalue weighted by molar-refractivity contribution is 5.67. The van der Waals surface area contributed by atoms with Crippen LogP contribution in [0.15, 0.2) is 18.7 Å². The van der Waals surface area contributed by atoms with Gasteiger partial charge in [-0.2, -0.15) is 0 Å². The summed E-state index contributed by atoms with van der Waals surface area (Å²) in [6.45, 7) is 13.2. The van der Waals surface area contributed by atoms with Crippen molar-refractivity contribution in [1.29, 1.82) is 0 Å². The van der Waals surface area contributed by atoms with Gasteiger partial charge in [-0.25, -0.2) is 18.7 Å². The first kappa shape index (κ1) is 20.8. The summed E-state index contributed by atoms with van der Waals surface area (Å²) in [7, 11) is 0. The van der Waals surface area contributed by atoms with Crippen molar-refractivity contribution in [3.63, 3.8) is 0 Å². The molecule has 0 unspecified atom stereocenters. The van der Waals surface area contributed by atoms with E-state index in [1.807, 2.05) is 69.4 Å². The van der Waals surface area contributed by atoms with Gasteiger partial charge in [0, 0.05) is 0 Å². The molecule has 1 aromatic heterocycles. The Morgan fingerprint density at radius 2 is 1.48 bits per heavy atom. The molecule has 8 nitrogen and oxygen atoms in total. The van der Waals surface area contributed by atoms with Crippen LogP contribution in [0.1, 0.15) is 41.5 Å². The molecule has 8 heteroatoms. The minimum absolute atomic E-state index is 0.422. The number of alkyl carbamates (subject to hydrolysis) is 2. The lowest BCUT2D eigenvalue weighted by molar-refractivity contribution is -0.694. The van der Waals surface area contributed by atoms with E-state index >= 15 is 0 Å². The maximum atomic E-state index is 11.6. The second-order valence-corrected chi connectivity index (χ2v) is 7.75. The van der Waals surface area contributed by atoms with E-state index in [2.05, 4.69) is 10.6 Å². The van der Waals surface area contributed by atoms with Crippen LogP contribution in [0, 0.1) is 0 Å². The number of aromatic nitrogens is 2. The summed E-state index contributed by atoms with van der Waals surface area (Å²) in [4.78, 5) is 23.1. The van der Waals surface area contributed by atoms with Gasteiger partial charge in [-0.05, 0) is 41.5 Å². The van der Waals surface area contributed by atoms with E-state index in [0.29, 0.717) is 26.2 Å². The average molecular weight is 355 g/mol. The molecular weight excluding hydrogens is 324 g/mol. The van der Waals surface area contributed by atoms with Crippen molar-refractivity contribution in [3.8, 4) is 0 Å². The Labute approximate surface area is 149 Å². The maximum absolute atomic E-state index is 11.6. The van der Waals surface area contributed by atoms with Crippen LogP contribution in [0.3, 0.4) is 0 Å². The molecule has 0 aliphatic rings. The van der Waals surface area contributed by atoms with E-state index in [9.17, 15) is 9.59 Å². The molecule has 0 aliphatic heterocycles. The number of amides is 2. The number of nitrogens with zero attached hydrogens (tertiary/aromatic N) is 2. The SMILES string of the molecule is CC(C)(C)OC(=O)NCCn1cc[n+](CCNC(=O)OC(C)(C)C)c1. The number of imidazole rings is 1. The Bertz CT molecular complexity index is 521. The van der Waals surface area contributed by atoms with Gasteiger partial charge in [0.25, 0.3) is 0 Å². The summed E-state index contributed by atoms with van der Waals surface area (Å²) in [5.74, 6) is 0. The van der Waals surface area contributed by atoms with E-state index in [1.54, 1.807) is 0 Å². The van der Waals surface area contributed by atoms with Gasteiger partial charge >= 0.3 is 12.2 Å². The topological polar surface area (TPSA) is 85.5 Å². The lowest BCUT2D eigenvalue weighted by atomic mass is 10.2. The third-order valence-corrected chi connectivity index (χ3v) is 2.82. The number of carbonyl (C=O) groups is 2. The molecule has 1 rings (SSSR count). The highest BCUT2D eigenvalue weighted by atomic mass is 16.6. The lowest BCUT2D eigenvalue weighted by Gasteiger charge is -2.19. The third kappa shape index (κ3) is 10.3. The normalized spacial score (nSPS) is 11.8. The first-order chi connectivity index (χ1) is 11.4. The standard InChI is InChI=1S/C17H30N4O4/c1-16(2,3)24-14(22)18-7-9-20-11-12-21(13-20)10-8-19-15(23)25-17(4,5)6/h11-13H,7-10H2,1-6H3,(H-,18,19,22,23)/p+1. The Morgan fingerprint density at radius 1 is 0.960 bits per heavy atom. The van der Waals surface area contributed by atoms with Crippen LogP contribution in [-0.2, 0) is 22.6 Å². The zero-order chi connectivity index (χ0) is 19.1. The van der Waals surface area contributed by atoms with Crippen molar-refractivity contribution >= 4 is 12.2 Å². The van der Waals surface area contributed by atoms with Crippen LogP contribution in [0.5, 0.6) is 0 Å². The average Bonchev–Trinajstić information content (AvgIpc) is 2.82. The number of carbonyl (C=O) groups excluding carboxylic acids is 2. The van der Waals surface area contributed by atoms with Crippen molar-refractivity contribution in [2.75, 3.05) is 13.1 Å². The Balaban J connectivity index is 2.26. The van der Waals surface area contributed by atoms with Gasteiger partial charge in [0.05, 0.1) is 13.1 Å². The molecule has 0 bridgehead atoms. The van der Waals surface area contributed by atoms with Crippen molar-refractivity contribution in [3.05, 3.63) is 18.7 Å². The van der Waals surface area contributed by atoms with Gasteiger partial charge in [0.1, 0.15) is 36.7 Å². The zero-order valence-electron chi connectivity index (χ0n) is 16.1. The first-order valence-corrected chi connectivity index (χ1v) is 8.43. The van der Waals surface area contributed by atoms with Gasteiger partial charge in [-0.3, -0.25) is 0 Å². The molecule has 0 fully saturated rings. The predicted octanol–water partition coefficient (Wildman–Crippen LogP) is 1.82. The molecular formula is C17H31N4O4+. The molecule has 0 spiro atoms. The van der Waals surface area contributed by atoms with Gasteiger partial charge in [-0.1, -0.05) is 0 Å². The van der Waals surface area contributed by atoms with Crippen LogP contribution in [-0.4, -0.2) is 41.0 Å². The molecule has 0 aromatic carbocycles. The molecule has 0 atom stereocenters. The minimum Gasteiger partial charge on any atom is -0.444 e. The van der Waals surface area contributed by atoms with E-state index in [1.165, 1.54) is 0 Å². The number of nitrogens with one attached hydrogen (secondary N) is 2. The van der Waals surface area contributed by atoms with E-state index in [0.717, 1.165) is 0 Å². The fourth-order valence-electron chi connectivity index (χ4n) is 1.91. The van der Waals surface area contributed by atoms with Gasteiger partial charge in [-0.15, -0.1) is 0 Å². The highest BCUT2D eigenvalue weighted by Crippen LogP contribution is 2.06. The summed E-state index contributed by atoms with van der Waals surface area (Å²) in [6, 6.07) is 0. The number of hydrogen-bond donors (Lipinski definition) is 2. The van der Waals surface area contributed by atoms with Crippen molar-refractivity contribution in [2.24, 2.45) is 0 Å². The van der Waals surface area contributed by atoms with Crippen LogP contribution in [0.4, 0.5) is 9.59 Å². The van der Waals surface area contributed by atoms with E-state index < -0.39 is 23.4 Å². The molecule has 1 aromatic rings. The Hall–Kier alpha value is -2.25. The molecule has 0 aliphatic carbocycles. The summed E-state index contributed by atoms with van der Waals surface area (Å²) >= 11 is 0. The summed E-state index contributed by atoms with van der Waals surface area (Å²) in [6.07, 6.45) is 4.88. The summed E-state index contributed by atoms with van der Waals surface area (Å²) in [5.41, 5.74) is -0.997. The van der Waals surface area contributed by atoms with Crippen molar-refractivity contribution in [2.45, 2.75) is 65.8 Å². The Kier molecular flexibility index (Phi) is 7.26. The van der Waals surface area contributed by atoms with Crippen molar-refractivity contribution in [1.82, 2.24) is 15.2 Å². The monoisotopic (exact) mass is 355 g/mol. The largest absolute Gasteiger partial charge is 0.444 e. The molecule has 0 radical (unpaired) electrons. The molecule has 2 amide bonds. The van der Waals surface area contributed by atoms with Crippen LogP contribution < -0.4 is 15.2 Å². The molecule has 0 saturated heterocycles. The number of rotatable bonds is 6. The van der Waals surface area contributed by atoms with Gasteiger partial charge in [0.15, 0.2) is 0 Å². The fraction of sp³-hybridized carbons (Fsp3) is 0.706. The van der Waals surface area contributed by atoms with Gasteiger partial charge in [0.2, 0.25) is 6.33 Å². The van der Waals surface area contributed by atoms with E-state index in [4.69, 9.17) is 9.47 Å². The summed E-state index contributed by atoms with van der Waals surface area (Å²) < 4.78 is 14.2. The fourth-order valence-corrected chi connectivity index (χ4v) is 1.91. The second kappa shape index (κ2) is 8.73. The molecule has 142 valence electrons. The first-order valence-electron chi connectivity index (χ1n) is 8.43. The number of ether oxygens (including phenoxy) is 2. The minimum atomic E-state index is -0.498. The van der Waals surface area contributed by atoms with Crippen LogP contribution in [0.25, 0.3) is 0 Å². The van der Waals surface area contributed by atoms with Crippen LogP contribution >= 0.6 is 0 Å². The van der Waals surface area contributed by atoms with Crippen molar-refractivity contribution < 1.29 is 23.6 Å². The quantitative estimate of drug-likeness (QED) is 0.762. The Morgan fingerprint density at radius 3 is 2.00 bits per heavy atom. The third-order valence-electron chi connectivity index (χ3n) is 2.82.